The van der Waals surface area contributed by atoms with Gasteiger partial charge in [0.05, 0.1) is 5.56 Å². The smallest absolute Gasteiger partial charge is 0.254 e. The molecule has 0 aliphatic heterocycles. The first-order chi connectivity index (χ1) is 9.95. The Kier molecular flexibility index (Phi) is 6.99. The minimum absolute atomic E-state index is 0.0930. The molecule has 4 N–H and O–H groups in total. The lowest BCUT2D eigenvalue weighted by Gasteiger charge is -2.26. The molecule has 1 atom stereocenters. The third-order valence-electron chi connectivity index (χ3n) is 4.26. The van der Waals surface area contributed by atoms with Crippen molar-refractivity contribution in [1.82, 2.24) is 4.98 Å². The monoisotopic (exact) mass is 294 g/mol. The van der Waals surface area contributed by atoms with Crippen LogP contribution in [0, 0.1) is 11.8 Å². The van der Waals surface area contributed by atoms with Crippen molar-refractivity contribution in [2.75, 3.05) is 0 Å². The van der Waals surface area contributed by atoms with Gasteiger partial charge in [0.15, 0.2) is 0 Å². The van der Waals surface area contributed by atoms with E-state index in [2.05, 4.69) is 13.8 Å². The quantitative estimate of drug-likeness (QED) is 0.799. The molecule has 1 fully saturated rings. The Labute approximate surface area is 125 Å². The first-order valence-electron chi connectivity index (χ1n) is 7.67. The summed E-state index contributed by atoms with van der Waals surface area (Å²) < 4.78 is 0. The number of primary amides is 1. The lowest BCUT2D eigenvalue weighted by molar-refractivity contribution is 0.0997. The minimum Gasteiger partial charge on any atom is -0.494 e. The van der Waals surface area contributed by atoms with Gasteiger partial charge in [-0.15, -0.1) is 0 Å². The van der Waals surface area contributed by atoms with Gasteiger partial charge in [-0.2, -0.15) is 0 Å². The van der Waals surface area contributed by atoms with E-state index in [1.807, 2.05) is 4.98 Å². The largest absolute Gasteiger partial charge is 0.494 e. The molecule has 5 heteroatoms. The number of rotatable bonds is 3. The molecule has 0 bridgehead atoms. The highest BCUT2D eigenvalue weighted by atomic mass is 16.3. The molecule has 0 radical (unpaired) electrons. The number of pyridine rings is 1. The maximum Gasteiger partial charge on any atom is 0.254 e. The summed E-state index contributed by atoms with van der Waals surface area (Å²) in [7, 11) is 0. The molecule has 0 saturated heterocycles. The molecule has 1 amide bonds. The number of hydrogen-bond donors (Lipinski definition) is 3. The van der Waals surface area contributed by atoms with Crippen LogP contribution in [0.15, 0.2) is 16.9 Å². The normalized spacial score (nSPS) is 16.7. The van der Waals surface area contributed by atoms with Gasteiger partial charge in [0.2, 0.25) is 5.88 Å². The van der Waals surface area contributed by atoms with Crippen molar-refractivity contribution in [2.45, 2.75) is 52.4 Å². The zero-order chi connectivity index (χ0) is 15.8. The fourth-order valence-corrected chi connectivity index (χ4v) is 2.70. The van der Waals surface area contributed by atoms with Gasteiger partial charge in [0, 0.05) is 6.07 Å². The number of carbonyl (C=O) groups is 1. The molecule has 1 aliphatic carbocycles. The van der Waals surface area contributed by atoms with Crippen LogP contribution < -0.4 is 11.3 Å². The van der Waals surface area contributed by atoms with Crippen molar-refractivity contribution < 1.29 is 9.90 Å². The molecule has 1 unspecified atom stereocenters. The summed E-state index contributed by atoms with van der Waals surface area (Å²) in [6.45, 7) is 4.73. The number of aromatic nitrogens is 1. The third-order valence-corrected chi connectivity index (χ3v) is 4.26. The van der Waals surface area contributed by atoms with E-state index in [9.17, 15) is 9.59 Å². The Morgan fingerprint density at radius 3 is 2.48 bits per heavy atom. The molecule has 0 aromatic carbocycles. The topological polar surface area (TPSA) is 96.2 Å². The molecule has 1 aliphatic rings. The zero-order valence-electron chi connectivity index (χ0n) is 12.9. The van der Waals surface area contributed by atoms with Crippen molar-refractivity contribution in [3.8, 4) is 5.88 Å². The summed E-state index contributed by atoms with van der Waals surface area (Å²) in [6.07, 6.45) is 8.88. The van der Waals surface area contributed by atoms with Crippen LogP contribution in [0.5, 0.6) is 5.88 Å². The van der Waals surface area contributed by atoms with Gasteiger partial charge in [-0.25, -0.2) is 0 Å². The average molecular weight is 294 g/mol. The van der Waals surface area contributed by atoms with Gasteiger partial charge in [-0.1, -0.05) is 52.4 Å². The Bertz CT molecular complexity index is 504. The van der Waals surface area contributed by atoms with E-state index in [0.29, 0.717) is 0 Å². The zero-order valence-corrected chi connectivity index (χ0v) is 12.9. The minimum atomic E-state index is -0.779. The SMILES string of the molecule is CCC(C)C1CCCCC1.NC(=O)c1ccc(=O)[nH]c1O. The predicted molar refractivity (Wildman–Crippen MR) is 83.3 cm³/mol. The second-order valence-corrected chi connectivity index (χ2v) is 5.73. The lowest BCUT2D eigenvalue weighted by Crippen LogP contribution is -2.14. The summed E-state index contributed by atoms with van der Waals surface area (Å²) in [6, 6.07) is 2.27. The number of aromatic amines is 1. The summed E-state index contributed by atoms with van der Waals surface area (Å²) in [5.74, 6) is 0.780. The summed E-state index contributed by atoms with van der Waals surface area (Å²) >= 11 is 0. The van der Waals surface area contributed by atoms with E-state index in [4.69, 9.17) is 10.8 Å². The summed E-state index contributed by atoms with van der Waals surface area (Å²) in [5.41, 5.74) is 4.27. The standard InChI is InChI=1S/C10H20.C6H6N2O3/c1-3-9(2)10-7-5-4-6-8-10;7-5(10)3-1-2-4(9)8-6(3)11/h9-10H,3-8H2,1-2H3;1-2H,(H2,7,10)(H2,8,9,11). The Hall–Kier alpha value is -1.78. The molecule has 5 nitrogen and oxygen atoms in total. The molecular formula is C16H26N2O3. The van der Waals surface area contributed by atoms with Crippen LogP contribution >= 0.6 is 0 Å². The first-order valence-corrected chi connectivity index (χ1v) is 7.67. The highest BCUT2D eigenvalue weighted by Crippen LogP contribution is 2.30. The fraction of sp³-hybridized carbons (Fsp3) is 0.625. The van der Waals surface area contributed by atoms with E-state index < -0.39 is 17.3 Å². The van der Waals surface area contributed by atoms with Crippen LogP contribution in [0.4, 0.5) is 0 Å². The average Bonchev–Trinajstić information content (AvgIpc) is 2.47. The number of nitrogens with one attached hydrogen (secondary N) is 1. The number of carbonyl (C=O) groups excluding carboxylic acids is 1. The molecule has 1 aromatic rings. The number of aromatic hydroxyl groups is 1. The van der Waals surface area contributed by atoms with Crippen LogP contribution in [0.1, 0.15) is 62.7 Å². The van der Waals surface area contributed by atoms with E-state index in [-0.39, 0.29) is 5.56 Å². The molecule has 118 valence electrons. The van der Waals surface area contributed by atoms with Crippen molar-refractivity contribution >= 4 is 5.91 Å². The van der Waals surface area contributed by atoms with E-state index >= 15 is 0 Å². The number of amides is 1. The highest BCUT2D eigenvalue weighted by Gasteiger charge is 2.17. The molecule has 0 spiro atoms. The van der Waals surface area contributed by atoms with Crippen LogP contribution in [-0.2, 0) is 0 Å². The van der Waals surface area contributed by atoms with Crippen LogP contribution in [-0.4, -0.2) is 16.0 Å². The molecule has 1 heterocycles. The Morgan fingerprint density at radius 1 is 1.38 bits per heavy atom. The van der Waals surface area contributed by atoms with E-state index in [1.54, 1.807) is 0 Å². The maximum absolute atomic E-state index is 10.5. The van der Waals surface area contributed by atoms with Crippen molar-refractivity contribution in [2.24, 2.45) is 17.6 Å². The third kappa shape index (κ3) is 5.61. The van der Waals surface area contributed by atoms with Gasteiger partial charge in [0.1, 0.15) is 0 Å². The van der Waals surface area contributed by atoms with Crippen LogP contribution in [0.3, 0.4) is 0 Å². The molecule has 2 rings (SSSR count). The molecule has 1 aromatic heterocycles. The van der Waals surface area contributed by atoms with Crippen LogP contribution in [0.25, 0.3) is 0 Å². The Morgan fingerprint density at radius 2 is 2.00 bits per heavy atom. The van der Waals surface area contributed by atoms with Gasteiger partial charge in [0.25, 0.3) is 11.5 Å². The number of nitrogens with two attached hydrogens (primary N) is 1. The molecular weight excluding hydrogens is 268 g/mol. The lowest BCUT2D eigenvalue weighted by atomic mass is 9.80. The Balaban J connectivity index is 0.000000211. The second-order valence-electron chi connectivity index (χ2n) is 5.73. The van der Waals surface area contributed by atoms with Crippen molar-refractivity contribution in [3.05, 3.63) is 28.0 Å². The number of H-pyrrole nitrogens is 1. The van der Waals surface area contributed by atoms with E-state index in [1.165, 1.54) is 38.5 Å². The maximum atomic E-state index is 10.5. The molecule has 1 saturated carbocycles. The van der Waals surface area contributed by atoms with Gasteiger partial charge in [-0.3, -0.25) is 14.6 Å². The summed E-state index contributed by atoms with van der Waals surface area (Å²) in [4.78, 5) is 23.0. The van der Waals surface area contributed by atoms with Crippen molar-refractivity contribution in [1.29, 1.82) is 0 Å². The van der Waals surface area contributed by atoms with Gasteiger partial charge in [-0.05, 0) is 17.9 Å². The second kappa shape index (κ2) is 8.49. The number of hydrogen-bond acceptors (Lipinski definition) is 3. The van der Waals surface area contributed by atoms with E-state index in [0.717, 1.165) is 24.0 Å². The van der Waals surface area contributed by atoms with Gasteiger partial charge < -0.3 is 10.8 Å². The fourth-order valence-electron chi connectivity index (χ4n) is 2.70. The predicted octanol–water partition coefficient (Wildman–Crippen LogP) is 2.79. The highest BCUT2D eigenvalue weighted by molar-refractivity contribution is 5.94. The van der Waals surface area contributed by atoms with Crippen LogP contribution in [0.2, 0.25) is 0 Å². The van der Waals surface area contributed by atoms with Crippen molar-refractivity contribution in [3.63, 3.8) is 0 Å². The first kappa shape index (κ1) is 17.3. The molecule has 21 heavy (non-hydrogen) atoms. The van der Waals surface area contributed by atoms with Gasteiger partial charge >= 0.3 is 0 Å². The summed E-state index contributed by atoms with van der Waals surface area (Å²) in [5, 5.41) is 8.91.